The maximum Gasteiger partial charge on any atom is 0.311 e. The number of likely N-dealkylation sites (N-methyl/N-ethyl adjacent to an activating group) is 1. The molecule has 0 saturated carbocycles. The van der Waals surface area contributed by atoms with Crippen LogP contribution in [0.1, 0.15) is 13.8 Å². The Kier molecular flexibility index (Phi) is 3.71. The lowest BCUT2D eigenvalue weighted by Gasteiger charge is -2.45. The van der Waals surface area contributed by atoms with Gasteiger partial charge in [0.25, 0.3) is 0 Å². The van der Waals surface area contributed by atoms with Gasteiger partial charge >= 0.3 is 5.69 Å². The molecule has 8 heteroatoms. The van der Waals surface area contributed by atoms with E-state index in [-0.39, 0.29) is 17.4 Å². The van der Waals surface area contributed by atoms with E-state index in [9.17, 15) is 14.9 Å². The molecular weight excluding hydrogens is 274 g/mol. The second-order valence-corrected chi connectivity index (χ2v) is 5.48. The van der Waals surface area contributed by atoms with E-state index in [1.54, 1.807) is 43.8 Å². The van der Waals surface area contributed by atoms with Crippen LogP contribution in [0.4, 0.5) is 17.3 Å². The Balaban J connectivity index is 2.54. The van der Waals surface area contributed by atoms with Crippen LogP contribution in [0.2, 0.25) is 0 Å². The molecule has 0 bridgehead atoms. The Bertz CT molecular complexity index is 587. The van der Waals surface area contributed by atoms with Crippen LogP contribution < -0.4 is 10.2 Å². The zero-order valence-corrected chi connectivity index (χ0v) is 12.6. The van der Waals surface area contributed by atoms with E-state index in [4.69, 9.17) is 0 Å². The molecule has 0 radical (unpaired) electrons. The minimum atomic E-state index is -0.878. The molecule has 0 aliphatic carbocycles. The summed E-state index contributed by atoms with van der Waals surface area (Å²) in [6, 6.07) is 2.96. The van der Waals surface area contributed by atoms with E-state index in [0.29, 0.717) is 18.9 Å². The second-order valence-electron chi connectivity index (χ2n) is 5.48. The van der Waals surface area contributed by atoms with Gasteiger partial charge in [-0.3, -0.25) is 14.9 Å². The average Bonchev–Trinajstić information content (AvgIpc) is 2.44. The van der Waals surface area contributed by atoms with Crippen molar-refractivity contribution in [2.24, 2.45) is 0 Å². The molecule has 1 aromatic rings. The molecule has 0 aromatic carbocycles. The number of aromatic nitrogens is 1. The van der Waals surface area contributed by atoms with Crippen LogP contribution in [0.25, 0.3) is 0 Å². The van der Waals surface area contributed by atoms with Crippen LogP contribution in [0.5, 0.6) is 0 Å². The molecule has 0 unspecified atom stereocenters. The summed E-state index contributed by atoms with van der Waals surface area (Å²) in [6.07, 6.45) is 0. The lowest BCUT2D eigenvalue weighted by Crippen LogP contribution is -2.62. The smallest absolute Gasteiger partial charge is 0.311 e. The van der Waals surface area contributed by atoms with Gasteiger partial charge in [0.1, 0.15) is 11.4 Å². The number of carbonyl (C=O) groups is 1. The van der Waals surface area contributed by atoms with Gasteiger partial charge in [-0.1, -0.05) is 0 Å². The minimum Gasteiger partial charge on any atom is -0.373 e. The van der Waals surface area contributed by atoms with Gasteiger partial charge in [0.15, 0.2) is 0 Å². The number of amides is 1. The number of nitrogens with one attached hydrogen (secondary N) is 1. The van der Waals surface area contributed by atoms with Crippen molar-refractivity contribution in [1.82, 2.24) is 9.88 Å². The van der Waals surface area contributed by atoms with Crippen molar-refractivity contribution in [3.8, 4) is 0 Å². The normalized spacial score (nSPS) is 17.8. The second kappa shape index (κ2) is 5.19. The molecule has 1 aliphatic rings. The highest BCUT2D eigenvalue weighted by Gasteiger charge is 2.43. The Morgan fingerprint density at radius 1 is 1.38 bits per heavy atom. The molecule has 114 valence electrons. The lowest BCUT2D eigenvalue weighted by molar-refractivity contribution is -0.384. The molecular formula is C13H19N5O3. The van der Waals surface area contributed by atoms with Crippen molar-refractivity contribution in [2.45, 2.75) is 19.4 Å². The largest absolute Gasteiger partial charge is 0.373 e. The molecule has 0 spiro atoms. The molecule has 1 saturated heterocycles. The first-order valence-corrected chi connectivity index (χ1v) is 6.65. The number of carbonyl (C=O) groups excluding carboxylic acids is 1. The highest BCUT2D eigenvalue weighted by atomic mass is 16.6. The summed E-state index contributed by atoms with van der Waals surface area (Å²) in [6.45, 7) is 4.51. The third kappa shape index (κ3) is 2.48. The fraction of sp³-hybridized carbons (Fsp3) is 0.538. The quantitative estimate of drug-likeness (QED) is 0.662. The van der Waals surface area contributed by atoms with Gasteiger partial charge < -0.3 is 15.1 Å². The monoisotopic (exact) mass is 293 g/mol. The summed E-state index contributed by atoms with van der Waals surface area (Å²) in [5, 5.41) is 14.1. The van der Waals surface area contributed by atoms with Crippen molar-refractivity contribution < 1.29 is 9.72 Å². The summed E-state index contributed by atoms with van der Waals surface area (Å²) < 4.78 is 0. The topological polar surface area (TPSA) is 91.6 Å². The zero-order valence-electron chi connectivity index (χ0n) is 12.6. The van der Waals surface area contributed by atoms with Crippen LogP contribution in [0.15, 0.2) is 12.1 Å². The number of piperazine rings is 1. The molecule has 2 heterocycles. The highest BCUT2D eigenvalue weighted by molar-refractivity contribution is 5.90. The fourth-order valence-corrected chi connectivity index (χ4v) is 2.51. The molecule has 1 amide bonds. The van der Waals surface area contributed by atoms with Gasteiger partial charge in [0.05, 0.1) is 4.92 Å². The predicted molar refractivity (Wildman–Crippen MR) is 79.5 cm³/mol. The van der Waals surface area contributed by atoms with Crippen LogP contribution in [0, 0.1) is 10.1 Å². The number of nitrogens with zero attached hydrogens (tertiary/aromatic N) is 4. The first kappa shape index (κ1) is 15.0. The van der Waals surface area contributed by atoms with Crippen LogP contribution >= 0.6 is 0 Å². The van der Waals surface area contributed by atoms with Gasteiger partial charge in [-0.05, 0) is 19.9 Å². The van der Waals surface area contributed by atoms with E-state index < -0.39 is 10.5 Å². The number of anilines is 2. The van der Waals surface area contributed by atoms with E-state index in [2.05, 4.69) is 10.3 Å². The first-order valence-electron chi connectivity index (χ1n) is 6.65. The summed E-state index contributed by atoms with van der Waals surface area (Å²) in [4.78, 5) is 30.7. The Morgan fingerprint density at radius 3 is 2.62 bits per heavy atom. The first-order chi connectivity index (χ1) is 9.78. The molecule has 1 fully saturated rings. The summed E-state index contributed by atoms with van der Waals surface area (Å²) in [5.74, 6) is 0.663. The van der Waals surface area contributed by atoms with E-state index in [1.807, 2.05) is 0 Å². The molecule has 0 atom stereocenters. The summed E-state index contributed by atoms with van der Waals surface area (Å²) >= 11 is 0. The van der Waals surface area contributed by atoms with Crippen molar-refractivity contribution in [3.63, 3.8) is 0 Å². The third-order valence-electron chi connectivity index (χ3n) is 3.77. The Hall–Kier alpha value is -2.38. The maximum atomic E-state index is 12.3. The Morgan fingerprint density at radius 2 is 2.05 bits per heavy atom. The summed E-state index contributed by atoms with van der Waals surface area (Å²) in [7, 11) is 3.42. The SMILES string of the molecule is CNc1ccc([N+](=O)[O-])c(N2CCN(C)C(=O)C2(C)C)n1. The van der Waals surface area contributed by atoms with Crippen molar-refractivity contribution in [1.29, 1.82) is 0 Å². The number of hydrogen-bond donors (Lipinski definition) is 1. The zero-order chi connectivity index (χ0) is 15.8. The standard InChI is InChI=1S/C13H19N5O3/c1-13(2)12(19)16(4)7-8-17(13)11-9(18(20)21)5-6-10(14-3)15-11/h5-6H,7-8H2,1-4H3,(H,14,15). The number of hydrogen-bond acceptors (Lipinski definition) is 6. The predicted octanol–water partition coefficient (Wildman–Crippen LogP) is 1.09. The molecule has 2 rings (SSSR count). The molecule has 8 nitrogen and oxygen atoms in total. The van der Waals surface area contributed by atoms with E-state index >= 15 is 0 Å². The average molecular weight is 293 g/mol. The van der Waals surface area contributed by atoms with Gasteiger partial charge in [-0.15, -0.1) is 0 Å². The minimum absolute atomic E-state index is 0.0836. The van der Waals surface area contributed by atoms with E-state index in [0.717, 1.165) is 0 Å². The van der Waals surface area contributed by atoms with Gasteiger partial charge in [-0.2, -0.15) is 0 Å². The fourth-order valence-electron chi connectivity index (χ4n) is 2.51. The van der Waals surface area contributed by atoms with Crippen molar-refractivity contribution >= 4 is 23.2 Å². The van der Waals surface area contributed by atoms with E-state index in [1.165, 1.54) is 6.07 Å². The van der Waals surface area contributed by atoms with Crippen LogP contribution in [-0.4, -0.2) is 53.4 Å². The number of pyridine rings is 1. The summed E-state index contributed by atoms with van der Waals surface area (Å²) in [5.41, 5.74) is -0.976. The lowest BCUT2D eigenvalue weighted by atomic mass is 9.97. The molecule has 1 aromatic heterocycles. The van der Waals surface area contributed by atoms with Crippen LogP contribution in [-0.2, 0) is 4.79 Å². The van der Waals surface area contributed by atoms with Crippen LogP contribution in [0.3, 0.4) is 0 Å². The molecule has 1 N–H and O–H groups in total. The maximum absolute atomic E-state index is 12.3. The number of rotatable bonds is 3. The van der Waals surface area contributed by atoms with Crippen molar-refractivity contribution in [3.05, 3.63) is 22.2 Å². The molecule has 1 aliphatic heterocycles. The van der Waals surface area contributed by atoms with Gasteiger partial charge in [-0.25, -0.2) is 4.98 Å². The third-order valence-corrected chi connectivity index (χ3v) is 3.77. The van der Waals surface area contributed by atoms with Gasteiger partial charge in [0.2, 0.25) is 11.7 Å². The number of nitro groups is 1. The van der Waals surface area contributed by atoms with Crippen molar-refractivity contribution in [2.75, 3.05) is 37.4 Å². The molecule has 21 heavy (non-hydrogen) atoms. The highest BCUT2D eigenvalue weighted by Crippen LogP contribution is 2.34. The Labute approximate surface area is 122 Å². The van der Waals surface area contributed by atoms with Gasteiger partial charge in [0, 0.05) is 33.3 Å².